The Hall–Kier alpha value is -2.16. The third-order valence-electron chi connectivity index (χ3n) is 2.32. The molecule has 0 atom stereocenters. The van der Waals surface area contributed by atoms with Crippen LogP contribution in [-0.4, -0.2) is 17.9 Å². The molecule has 0 saturated heterocycles. The molecule has 3 nitrogen and oxygen atoms in total. The standard InChI is InChI=1S/C9H11NO.C6H7N.C2H6/c1-7-4-3-5-8(6-7)9(11)10-2;1-6-3-2-4-7-5-6;1-2/h3-6H,1-2H3,(H,10,11);2-5H,1H3;1-2H3. The van der Waals surface area contributed by atoms with Gasteiger partial charge in [0.25, 0.3) is 5.91 Å². The maximum Gasteiger partial charge on any atom is 0.251 e. The van der Waals surface area contributed by atoms with Gasteiger partial charge < -0.3 is 5.32 Å². The number of hydrogen-bond donors (Lipinski definition) is 1. The molecule has 0 aliphatic rings. The molecule has 0 radical (unpaired) electrons. The normalized spacial score (nSPS) is 8.45. The van der Waals surface area contributed by atoms with Crippen molar-refractivity contribution in [2.45, 2.75) is 27.7 Å². The van der Waals surface area contributed by atoms with Crippen molar-refractivity contribution in [3.05, 3.63) is 65.5 Å². The van der Waals surface area contributed by atoms with Gasteiger partial charge in [0.2, 0.25) is 0 Å². The number of benzene rings is 1. The SMILES string of the molecule is CC.CNC(=O)c1cccc(C)c1.Cc1cccnc1. The molecule has 0 aliphatic carbocycles. The van der Waals surface area contributed by atoms with Crippen molar-refractivity contribution in [3.8, 4) is 0 Å². The lowest BCUT2D eigenvalue weighted by atomic mass is 10.1. The van der Waals surface area contributed by atoms with E-state index in [1.807, 2.05) is 64.2 Å². The van der Waals surface area contributed by atoms with Gasteiger partial charge in [-0.15, -0.1) is 0 Å². The van der Waals surface area contributed by atoms with Crippen LogP contribution in [0.25, 0.3) is 0 Å². The number of aryl methyl sites for hydroxylation is 2. The smallest absolute Gasteiger partial charge is 0.251 e. The highest BCUT2D eigenvalue weighted by atomic mass is 16.1. The molecule has 2 rings (SSSR count). The van der Waals surface area contributed by atoms with Gasteiger partial charge in [0, 0.05) is 25.0 Å². The third kappa shape index (κ3) is 7.31. The first-order valence-corrected chi connectivity index (χ1v) is 6.79. The summed E-state index contributed by atoms with van der Waals surface area (Å²) in [7, 11) is 1.63. The van der Waals surface area contributed by atoms with Crippen molar-refractivity contribution < 1.29 is 4.79 Å². The highest BCUT2D eigenvalue weighted by Crippen LogP contribution is 2.02. The predicted octanol–water partition coefficient (Wildman–Crippen LogP) is 3.77. The summed E-state index contributed by atoms with van der Waals surface area (Å²) in [6.45, 7) is 7.99. The van der Waals surface area contributed by atoms with Crippen molar-refractivity contribution in [2.75, 3.05) is 7.05 Å². The lowest BCUT2D eigenvalue weighted by Crippen LogP contribution is -2.17. The van der Waals surface area contributed by atoms with Gasteiger partial charge in [0.1, 0.15) is 0 Å². The van der Waals surface area contributed by atoms with E-state index >= 15 is 0 Å². The summed E-state index contributed by atoms with van der Waals surface area (Å²) in [5.41, 5.74) is 3.03. The summed E-state index contributed by atoms with van der Waals surface area (Å²) in [5, 5.41) is 2.57. The minimum atomic E-state index is -0.0336. The Morgan fingerprint density at radius 2 is 1.70 bits per heavy atom. The molecule has 0 saturated carbocycles. The van der Waals surface area contributed by atoms with E-state index in [9.17, 15) is 4.79 Å². The van der Waals surface area contributed by atoms with Crippen molar-refractivity contribution in [2.24, 2.45) is 0 Å². The average Bonchev–Trinajstić information content (AvgIpc) is 2.50. The molecule has 0 fully saturated rings. The lowest BCUT2D eigenvalue weighted by molar-refractivity contribution is 0.0963. The van der Waals surface area contributed by atoms with Crippen molar-refractivity contribution >= 4 is 5.91 Å². The van der Waals surface area contributed by atoms with Gasteiger partial charge in [0.05, 0.1) is 0 Å². The molecule has 1 N–H and O–H groups in total. The van der Waals surface area contributed by atoms with Gasteiger partial charge in [-0.1, -0.05) is 37.6 Å². The minimum Gasteiger partial charge on any atom is -0.355 e. The Morgan fingerprint density at radius 1 is 1.05 bits per heavy atom. The zero-order valence-electron chi connectivity index (χ0n) is 13.0. The molecule has 0 aliphatic heterocycles. The van der Waals surface area contributed by atoms with Crippen molar-refractivity contribution in [3.63, 3.8) is 0 Å². The first kappa shape index (κ1) is 17.8. The number of carbonyl (C=O) groups is 1. The van der Waals surface area contributed by atoms with Gasteiger partial charge in [-0.2, -0.15) is 0 Å². The van der Waals surface area contributed by atoms with Crippen LogP contribution in [0.5, 0.6) is 0 Å². The molecule has 108 valence electrons. The van der Waals surface area contributed by atoms with Crippen LogP contribution in [0.3, 0.4) is 0 Å². The number of nitrogens with zero attached hydrogens (tertiary/aromatic N) is 1. The number of aromatic nitrogens is 1. The zero-order valence-corrected chi connectivity index (χ0v) is 13.0. The lowest BCUT2D eigenvalue weighted by Gasteiger charge is -1.99. The van der Waals surface area contributed by atoms with E-state index in [0.29, 0.717) is 5.56 Å². The van der Waals surface area contributed by atoms with Crippen LogP contribution in [-0.2, 0) is 0 Å². The highest BCUT2D eigenvalue weighted by molar-refractivity contribution is 5.94. The summed E-state index contributed by atoms with van der Waals surface area (Å²) >= 11 is 0. The molecule has 1 aromatic heterocycles. The van der Waals surface area contributed by atoms with Crippen LogP contribution in [0.15, 0.2) is 48.8 Å². The number of amides is 1. The number of carbonyl (C=O) groups excluding carboxylic acids is 1. The van der Waals surface area contributed by atoms with Gasteiger partial charge in [0.15, 0.2) is 0 Å². The molecule has 2 aromatic rings. The quantitative estimate of drug-likeness (QED) is 0.858. The Morgan fingerprint density at radius 3 is 2.10 bits per heavy atom. The molecule has 0 unspecified atom stereocenters. The largest absolute Gasteiger partial charge is 0.355 e. The average molecular weight is 272 g/mol. The summed E-state index contributed by atoms with van der Waals surface area (Å²) in [6.07, 6.45) is 3.60. The van der Waals surface area contributed by atoms with Gasteiger partial charge in [-0.25, -0.2) is 0 Å². The van der Waals surface area contributed by atoms with E-state index in [0.717, 1.165) is 5.56 Å². The summed E-state index contributed by atoms with van der Waals surface area (Å²) in [4.78, 5) is 14.9. The van der Waals surface area contributed by atoms with Crippen LogP contribution in [0, 0.1) is 13.8 Å². The fraction of sp³-hybridized carbons (Fsp3) is 0.294. The summed E-state index contributed by atoms with van der Waals surface area (Å²) in [6, 6.07) is 11.4. The molecular formula is C17H24N2O. The second-order valence-electron chi connectivity index (χ2n) is 3.98. The Bertz CT molecular complexity index is 495. The fourth-order valence-corrected chi connectivity index (χ4v) is 1.38. The van der Waals surface area contributed by atoms with Gasteiger partial charge in [-0.3, -0.25) is 9.78 Å². The van der Waals surface area contributed by atoms with E-state index in [4.69, 9.17) is 0 Å². The molecule has 0 spiro atoms. The number of rotatable bonds is 1. The van der Waals surface area contributed by atoms with E-state index in [2.05, 4.69) is 10.3 Å². The second-order valence-corrected chi connectivity index (χ2v) is 3.98. The zero-order chi connectivity index (χ0) is 15.4. The van der Waals surface area contributed by atoms with Crippen LogP contribution in [0.1, 0.15) is 35.3 Å². The Labute approximate surface area is 122 Å². The molecule has 1 amide bonds. The van der Waals surface area contributed by atoms with E-state index in [1.54, 1.807) is 19.3 Å². The first-order chi connectivity index (χ1) is 9.63. The Balaban J connectivity index is 0.000000345. The number of nitrogens with one attached hydrogen (secondary N) is 1. The van der Waals surface area contributed by atoms with Crippen LogP contribution in [0.4, 0.5) is 0 Å². The number of hydrogen-bond acceptors (Lipinski definition) is 2. The van der Waals surface area contributed by atoms with Crippen molar-refractivity contribution in [1.29, 1.82) is 0 Å². The maximum absolute atomic E-state index is 11.1. The highest BCUT2D eigenvalue weighted by Gasteiger charge is 2.00. The van der Waals surface area contributed by atoms with Gasteiger partial charge in [-0.05, 0) is 37.6 Å². The topological polar surface area (TPSA) is 42.0 Å². The monoisotopic (exact) mass is 272 g/mol. The van der Waals surface area contributed by atoms with Crippen LogP contribution in [0.2, 0.25) is 0 Å². The van der Waals surface area contributed by atoms with Crippen molar-refractivity contribution in [1.82, 2.24) is 10.3 Å². The molecule has 20 heavy (non-hydrogen) atoms. The third-order valence-corrected chi connectivity index (χ3v) is 2.32. The predicted molar refractivity (Wildman–Crippen MR) is 84.9 cm³/mol. The summed E-state index contributed by atoms with van der Waals surface area (Å²) < 4.78 is 0. The minimum absolute atomic E-state index is 0.0336. The second kappa shape index (κ2) is 10.7. The number of pyridine rings is 1. The molecule has 1 heterocycles. The van der Waals surface area contributed by atoms with E-state index in [1.165, 1.54) is 5.56 Å². The molecule has 1 aromatic carbocycles. The summed E-state index contributed by atoms with van der Waals surface area (Å²) in [5.74, 6) is -0.0336. The van der Waals surface area contributed by atoms with E-state index < -0.39 is 0 Å². The van der Waals surface area contributed by atoms with Crippen LogP contribution < -0.4 is 5.32 Å². The first-order valence-electron chi connectivity index (χ1n) is 6.79. The maximum atomic E-state index is 11.1. The molecule has 3 heteroatoms. The molecular weight excluding hydrogens is 248 g/mol. The molecule has 0 bridgehead atoms. The van der Waals surface area contributed by atoms with E-state index in [-0.39, 0.29) is 5.91 Å². The Kier molecular flexibility index (Phi) is 9.57. The van der Waals surface area contributed by atoms with Crippen LogP contribution >= 0.6 is 0 Å². The van der Waals surface area contributed by atoms with Gasteiger partial charge >= 0.3 is 0 Å². The fourth-order valence-electron chi connectivity index (χ4n) is 1.38.